The maximum atomic E-state index is 9.29. The lowest BCUT2D eigenvalue weighted by Crippen LogP contribution is -2.43. The van der Waals surface area contributed by atoms with Gasteiger partial charge in [0, 0.05) is 12.1 Å². The lowest BCUT2D eigenvalue weighted by Gasteiger charge is -2.28. The molecule has 2 N–H and O–H groups in total. The van der Waals surface area contributed by atoms with Crippen LogP contribution in [0.25, 0.3) is 0 Å². The van der Waals surface area contributed by atoms with Gasteiger partial charge in [-0.25, -0.2) is 0 Å². The normalized spacial score (nSPS) is 22.4. The molecule has 0 saturated heterocycles. The van der Waals surface area contributed by atoms with Crippen molar-refractivity contribution in [2.24, 2.45) is 5.92 Å². The van der Waals surface area contributed by atoms with Crippen molar-refractivity contribution < 1.29 is 5.11 Å². The predicted molar refractivity (Wildman–Crippen MR) is 65.0 cm³/mol. The molecule has 0 spiro atoms. The van der Waals surface area contributed by atoms with Gasteiger partial charge in [0.25, 0.3) is 0 Å². The van der Waals surface area contributed by atoms with E-state index in [1.54, 1.807) is 0 Å². The lowest BCUT2D eigenvalue weighted by molar-refractivity contribution is 0.191. The van der Waals surface area contributed by atoms with Gasteiger partial charge in [-0.15, -0.1) is 0 Å². The Balaban J connectivity index is 2.32. The van der Waals surface area contributed by atoms with Crippen molar-refractivity contribution in [3.63, 3.8) is 0 Å². The molecule has 1 atom stereocenters. The summed E-state index contributed by atoms with van der Waals surface area (Å²) in [6.45, 7) is 4.63. The summed E-state index contributed by atoms with van der Waals surface area (Å²) in [7, 11) is 0. The molecule has 0 aliphatic heterocycles. The molecule has 0 bridgehead atoms. The minimum atomic E-state index is 0.272. The standard InChI is InChI=1S/C13H27NO/c1-11(2)13(10-15)14-12-8-6-4-3-5-7-9-12/h11-15H,3-10H2,1-2H3/t13-/m1/s1. The second-order valence-corrected chi connectivity index (χ2v) is 5.24. The third kappa shape index (κ3) is 4.98. The molecule has 0 radical (unpaired) electrons. The summed E-state index contributed by atoms with van der Waals surface area (Å²) in [5, 5.41) is 12.9. The molecule has 1 saturated carbocycles. The highest BCUT2D eigenvalue weighted by Gasteiger charge is 2.17. The zero-order valence-corrected chi connectivity index (χ0v) is 10.3. The quantitative estimate of drug-likeness (QED) is 0.752. The first-order valence-electron chi connectivity index (χ1n) is 6.61. The first-order valence-corrected chi connectivity index (χ1v) is 6.61. The summed E-state index contributed by atoms with van der Waals surface area (Å²) < 4.78 is 0. The zero-order chi connectivity index (χ0) is 11.1. The summed E-state index contributed by atoms with van der Waals surface area (Å²) in [6, 6.07) is 0.930. The molecule has 0 aromatic carbocycles. The third-order valence-corrected chi connectivity index (χ3v) is 3.56. The summed E-state index contributed by atoms with van der Waals surface area (Å²) in [4.78, 5) is 0. The van der Waals surface area contributed by atoms with Crippen LogP contribution >= 0.6 is 0 Å². The molecular formula is C13H27NO. The van der Waals surface area contributed by atoms with Crippen LogP contribution in [0.1, 0.15) is 58.8 Å². The highest BCUT2D eigenvalue weighted by atomic mass is 16.3. The van der Waals surface area contributed by atoms with E-state index in [2.05, 4.69) is 19.2 Å². The molecule has 1 aliphatic carbocycles. The predicted octanol–water partition coefficient (Wildman–Crippen LogP) is 2.71. The number of aliphatic hydroxyl groups is 1. The lowest BCUT2D eigenvalue weighted by atomic mass is 9.95. The van der Waals surface area contributed by atoms with Gasteiger partial charge in [0.15, 0.2) is 0 Å². The van der Waals surface area contributed by atoms with Gasteiger partial charge in [-0.05, 0) is 18.8 Å². The Hall–Kier alpha value is -0.0800. The number of nitrogens with one attached hydrogen (secondary N) is 1. The van der Waals surface area contributed by atoms with Crippen LogP contribution < -0.4 is 5.32 Å². The molecule has 0 unspecified atom stereocenters. The molecule has 0 heterocycles. The fraction of sp³-hybridized carbons (Fsp3) is 1.00. The Morgan fingerprint density at radius 1 is 1.07 bits per heavy atom. The Bertz CT molecular complexity index is 151. The molecule has 0 amide bonds. The topological polar surface area (TPSA) is 32.3 Å². The van der Waals surface area contributed by atoms with Gasteiger partial charge in [-0.3, -0.25) is 0 Å². The maximum absolute atomic E-state index is 9.29. The van der Waals surface area contributed by atoms with Crippen molar-refractivity contribution in [2.75, 3.05) is 6.61 Å². The second kappa shape index (κ2) is 7.24. The fourth-order valence-corrected chi connectivity index (χ4v) is 2.38. The average molecular weight is 213 g/mol. The van der Waals surface area contributed by atoms with Crippen LogP contribution in [0.2, 0.25) is 0 Å². The summed E-state index contributed by atoms with van der Waals surface area (Å²) in [6.07, 6.45) is 9.50. The van der Waals surface area contributed by atoms with E-state index < -0.39 is 0 Å². The molecule has 1 rings (SSSR count). The van der Waals surface area contributed by atoms with Crippen LogP contribution in [0.3, 0.4) is 0 Å². The van der Waals surface area contributed by atoms with Crippen LogP contribution in [-0.2, 0) is 0 Å². The Labute approximate surface area is 94.5 Å². The maximum Gasteiger partial charge on any atom is 0.0587 e. The minimum Gasteiger partial charge on any atom is -0.395 e. The van der Waals surface area contributed by atoms with Gasteiger partial charge < -0.3 is 10.4 Å². The van der Waals surface area contributed by atoms with Gasteiger partial charge in [0.2, 0.25) is 0 Å². The summed E-state index contributed by atoms with van der Waals surface area (Å²) >= 11 is 0. The first-order chi connectivity index (χ1) is 7.24. The van der Waals surface area contributed by atoms with Crippen LogP contribution in [-0.4, -0.2) is 23.8 Å². The van der Waals surface area contributed by atoms with Gasteiger partial charge in [0.1, 0.15) is 0 Å². The SMILES string of the molecule is CC(C)[C@@H](CO)NC1CCCCCCC1. The third-order valence-electron chi connectivity index (χ3n) is 3.56. The van der Waals surface area contributed by atoms with Crippen LogP contribution in [0.15, 0.2) is 0 Å². The van der Waals surface area contributed by atoms with Gasteiger partial charge in [-0.2, -0.15) is 0 Å². The van der Waals surface area contributed by atoms with Crippen molar-refractivity contribution in [3.8, 4) is 0 Å². The van der Waals surface area contributed by atoms with E-state index in [1.165, 1.54) is 44.9 Å². The molecule has 0 aromatic heterocycles. The molecule has 1 aliphatic rings. The van der Waals surface area contributed by atoms with Gasteiger partial charge in [0.05, 0.1) is 6.61 Å². The monoisotopic (exact) mass is 213 g/mol. The first kappa shape index (κ1) is 13.0. The summed E-state index contributed by atoms with van der Waals surface area (Å²) in [5.74, 6) is 0.528. The number of hydrogen-bond donors (Lipinski definition) is 2. The van der Waals surface area contributed by atoms with E-state index in [9.17, 15) is 5.11 Å². The van der Waals surface area contributed by atoms with Crippen molar-refractivity contribution in [1.29, 1.82) is 0 Å². The van der Waals surface area contributed by atoms with Gasteiger partial charge >= 0.3 is 0 Å². The van der Waals surface area contributed by atoms with Crippen molar-refractivity contribution >= 4 is 0 Å². The van der Waals surface area contributed by atoms with E-state index in [-0.39, 0.29) is 12.6 Å². The Kier molecular flexibility index (Phi) is 6.26. The minimum absolute atomic E-state index is 0.272. The Morgan fingerprint density at radius 3 is 2.07 bits per heavy atom. The zero-order valence-electron chi connectivity index (χ0n) is 10.3. The molecule has 2 heteroatoms. The van der Waals surface area contributed by atoms with Crippen molar-refractivity contribution in [3.05, 3.63) is 0 Å². The summed E-state index contributed by atoms with van der Waals surface area (Å²) in [5.41, 5.74) is 0. The van der Waals surface area contributed by atoms with Crippen LogP contribution in [0.4, 0.5) is 0 Å². The van der Waals surface area contributed by atoms with Crippen LogP contribution in [0, 0.1) is 5.92 Å². The molecule has 90 valence electrons. The Morgan fingerprint density at radius 2 is 1.60 bits per heavy atom. The molecule has 1 fully saturated rings. The number of aliphatic hydroxyl groups excluding tert-OH is 1. The van der Waals surface area contributed by atoms with E-state index >= 15 is 0 Å². The number of hydrogen-bond acceptors (Lipinski definition) is 2. The highest BCUT2D eigenvalue weighted by molar-refractivity contribution is 4.77. The smallest absolute Gasteiger partial charge is 0.0587 e. The molecular weight excluding hydrogens is 186 g/mol. The van der Waals surface area contributed by atoms with E-state index in [0.717, 1.165) is 0 Å². The van der Waals surface area contributed by atoms with Gasteiger partial charge in [-0.1, -0.05) is 46.0 Å². The van der Waals surface area contributed by atoms with Crippen molar-refractivity contribution in [1.82, 2.24) is 5.32 Å². The number of rotatable bonds is 4. The largest absolute Gasteiger partial charge is 0.395 e. The highest BCUT2D eigenvalue weighted by Crippen LogP contribution is 2.18. The molecule has 0 aromatic rings. The van der Waals surface area contributed by atoms with E-state index in [1.807, 2.05) is 0 Å². The molecule has 2 nitrogen and oxygen atoms in total. The van der Waals surface area contributed by atoms with Crippen LogP contribution in [0.5, 0.6) is 0 Å². The second-order valence-electron chi connectivity index (χ2n) is 5.24. The fourth-order valence-electron chi connectivity index (χ4n) is 2.38. The van der Waals surface area contributed by atoms with Crippen molar-refractivity contribution in [2.45, 2.75) is 70.9 Å². The average Bonchev–Trinajstić information content (AvgIpc) is 2.15. The van der Waals surface area contributed by atoms with E-state index in [4.69, 9.17) is 0 Å². The van der Waals surface area contributed by atoms with E-state index in [0.29, 0.717) is 12.0 Å². The molecule has 15 heavy (non-hydrogen) atoms.